The molecular formula is C15H18BrNO2. The molecule has 2 rings (SSSR count). The van der Waals surface area contributed by atoms with Crippen LogP contribution in [0.4, 0.5) is 4.79 Å². The first-order valence-electron chi connectivity index (χ1n) is 6.32. The Morgan fingerprint density at radius 2 is 1.95 bits per heavy atom. The maximum Gasteiger partial charge on any atom is 0.414 e. The molecule has 1 heterocycles. The second-order valence-electron chi connectivity index (χ2n) is 5.57. The Morgan fingerprint density at radius 1 is 1.32 bits per heavy atom. The molecule has 19 heavy (non-hydrogen) atoms. The number of halogens is 1. The van der Waals surface area contributed by atoms with Crippen molar-refractivity contribution in [2.75, 3.05) is 6.54 Å². The first-order valence-corrected chi connectivity index (χ1v) is 7.11. The first-order chi connectivity index (χ1) is 8.85. The van der Waals surface area contributed by atoms with Crippen molar-refractivity contribution in [3.63, 3.8) is 0 Å². The van der Waals surface area contributed by atoms with Gasteiger partial charge in [0, 0.05) is 23.1 Å². The van der Waals surface area contributed by atoms with Crippen molar-refractivity contribution in [1.29, 1.82) is 0 Å². The maximum absolute atomic E-state index is 12.0. The molecule has 0 bridgehead atoms. The molecule has 102 valence electrons. The minimum absolute atomic E-state index is 0.262. The lowest BCUT2D eigenvalue weighted by Gasteiger charge is -2.35. The second-order valence-corrected chi connectivity index (χ2v) is 6.48. The van der Waals surface area contributed by atoms with Gasteiger partial charge in [-0.3, -0.25) is 4.90 Å². The van der Waals surface area contributed by atoms with Crippen LogP contribution in [0.2, 0.25) is 0 Å². The Morgan fingerprint density at radius 3 is 2.42 bits per heavy atom. The van der Waals surface area contributed by atoms with Gasteiger partial charge in [0.1, 0.15) is 5.60 Å². The number of hydrogen-bond acceptors (Lipinski definition) is 2. The molecule has 0 aliphatic carbocycles. The Labute approximate surface area is 122 Å². The van der Waals surface area contributed by atoms with E-state index in [1.54, 1.807) is 4.90 Å². The molecule has 0 unspecified atom stereocenters. The van der Waals surface area contributed by atoms with Gasteiger partial charge >= 0.3 is 6.09 Å². The molecular weight excluding hydrogens is 306 g/mol. The number of nitrogens with zero attached hydrogens (tertiary/aromatic N) is 1. The summed E-state index contributed by atoms with van der Waals surface area (Å²) in [7, 11) is 0. The zero-order chi connectivity index (χ0) is 14.0. The number of rotatable bonds is 1. The molecule has 1 aliphatic rings. The van der Waals surface area contributed by atoms with Crippen LogP contribution in [-0.2, 0) is 4.74 Å². The van der Waals surface area contributed by atoms with Gasteiger partial charge in [0.15, 0.2) is 0 Å². The third kappa shape index (κ3) is 3.83. The molecule has 0 radical (unpaired) electrons. The van der Waals surface area contributed by atoms with E-state index in [1.165, 1.54) is 0 Å². The number of amides is 1. The lowest BCUT2D eigenvalue weighted by atomic mass is 10.1. The normalized spacial score (nSPS) is 17.3. The summed E-state index contributed by atoms with van der Waals surface area (Å²) >= 11 is 3.41. The van der Waals surface area contributed by atoms with E-state index in [0.29, 0.717) is 0 Å². The Balaban J connectivity index is 2.06. The van der Waals surface area contributed by atoms with E-state index in [2.05, 4.69) is 15.9 Å². The highest BCUT2D eigenvalue weighted by molar-refractivity contribution is 9.10. The number of benzene rings is 1. The minimum atomic E-state index is -0.449. The first kappa shape index (κ1) is 14.1. The van der Waals surface area contributed by atoms with Gasteiger partial charge < -0.3 is 4.74 Å². The van der Waals surface area contributed by atoms with Crippen LogP contribution in [0.15, 0.2) is 34.4 Å². The SMILES string of the molecule is CC(C)(C)OC(=O)N1CCC1=Cc1ccc(Br)cc1. The Bertz CT molecular complexity index is 500. The fraction of sp³-hybridized carbons (Fsp3) is 0.400. The quantitative estimate of drug-likeness (QED) is 0.765. The molecule has 4 heteroatoms. The van der Waals surface area contributed by atoms with Crippen molar-refractivity contribution in [2.24, 2.45) is 0 Å². The van der Waals surface area contributed by atoms with Crippen molar-refractivity contribution < 1.29 is 9.53 Å². The maximum atomic E-state index is 12.0. The van der Waals surface area contributed by atoms with Gasteiger partial charge in [-0.1, -0.05) is 28.1 Å². The topological polar surface area (TPSA) is 29.5 Å². The van der Waals surface area contributed by atoms with E-state index in [4.69, 9.17) is 4.74 Å². The van der Waals surface area contributed by atoms with E-state index in [9.17, 15) is 4.79 Å². The van der Waals surface area contributed by atoms with Gasteiger partial charge in [-0.05, 0) is 44.5 Å². The molecule has 3 nitrogen and oxygen atoms in total. The van der Waals surface area contributed by atoms with Crippen LogP contribution in [0, 0.1) is 0 Å². The fourth-order valence-corrected chi connectivity index (χ4v) is 2.04. The van der Waals surface area contributed by atoms with Crippen molar-refractivity contribution in [3.05, 3.63) is 40.0 Å². The smallest absolute Gasteiger partial charge is 0.414 e. The number of likely N-dealkylation sites (tertiary alicyclic amines) is 1. The van der Waals surface area contributed by atoms with Crippen molar-refractivity contribution >= 4 is 28.1 Å². The van der Waals surface area contributed by atoms with Crippen LogP contribution in [0.1, 0.15) is 32.8 Å². The number of hydrogen-bond donors (Lipinski definition) is 0. The van der Waals surface area contributed by atoms with Gasteiger partial charge in [-0.25, -0.2) is 4.79 Å². The number of carbonyl (C=O) groups is 1. The Hall–Kier alpha value is -1.29. The van der Waals surface area contributed by atoms with Crippen molar-refractivity contribution in [2.45, 2.75) is 32.8 Å². The van der Waals surface area contributed by atoms with Crippen molar-refractivity contribution in [3.8, 4) is 0 Å². The molecule has 1 saturated heterocycles. The second kappa shape index (κ2) is 5.37. The van der Waals surface area contributed by atoms with E-state index in [1.807, 2.05) is 51.1 Å². The Kier molecular flexibility index (Phi) is 3.99. The minimum Gasteiger partial charge on any atom is -0.443 e. The average Bonchev–Trinajstić information content (AvgIpc) is 2.24. The highest BCUT2D eigenvalue weighted by Gasteiger charge is 2.30. The van der Waals surface area contributed by atoms with Crippen LogP contribution in [0.5, 0.6) is 0 Å². The van der Waals surface area contributed by atoms with Crippen LogP contribution in [-0.4, -0.2) is 23.1 Å². The lowest BCUT2D eigenvalue weighted by Crippen LogP contribution is -2.43. The van der Waals surface area contributed by atoms with Gasteiger partial charge in [-0.15, -0.1) is 0 Å². The van der Waals surface area contributed by atoms with Gasteiger partial charge in [0.2, 0.25) is 0 Å². The van der Waals surface area contributed by atoms with E-state index in [0.717, 1.165) is 28.7 Å². The zero-order valence-electron chi connectivity index (χ0n) is 11.4. The summed E-state index contributed by atoms with van der Waals surface area (Å²) in [5.74, 6) is 0. The number of carbonyl (C=O) groups excluding carboxylic acids is 1. The predicted molar refractivity (Wildman–Crippen MR) is 79.7 cm³/mol. The standard InChI is InChI=1S/C15H18BrNO2/c1-15(2,3)19-14(18)17-9-8-13(17)10-11-4-6-12(16)7-5-11/h4-7,10H,8-9H2,1-3H3. The predicted octanol–water partition coefficient (Wildman–Crippen LogP) is 4.43. The highest BCUT2D eigenvalue weighted by Crippen LogP contribution is 2.27. The van der Waals surface area contributed by atoms with Gasteiger partial charge in [0.05, 0.1) is 0 Å². The van der Waals surface area contributed by atoms with Crippen molar-refractivity contribution in [1.82, 2.24) is 4.90 Å². The molecule has 1 aromatic rings. The molecule has 1 amide bonds. The van der Waals surface area contributed by atoms with E-state index in [-0.39, 0.29) is 6.09 Å². The molecule has 1 fully saturated rings. The monoisotopic (exact) mass is 323 g/mol. The van der Waals surface area contributed by atoms with Crippen LogP contribution < -0.4 is 0 Å². The summed E-state index contributed by atoms with van der Waals surface area (Å²) in [6, 6.07) is 8.01. The summed E-state index contributed by atoms with van der Waals surface area (Å²) in [6.45, 7) is 6.37. The molecule has 0 aromatic heterocycles. The molecule has 1 aromatic carbocycles. The summed E-state index contributed by atoms with van der Waals surface area (Å²) in [6.07, 6.45) is 2.68. The molecule has 1 aliphatic heterocycles. The summed E-state index contributed by atoms with van der Waals surface area (Å²) in [5, 5.41) is 0. The molecule has 0 atom stereocenters. The van der Waals surface area contributed by atoms with Gasteiger partial charge in [0.25, 0.3) is 0 Å². The van der Waals surface area contributed by atoms with Gasteiger partial charge in [-0.2, -0.15) is 0 Å². The largest absolute Gasteiger partial charge is 0.443 e. The summed E-state index contributed by atoms with van der Waals surface area (Å²) in [5.41, 5.74) is 1.65. The van der Waals surface area contributed by atoms with Crippen LogP contribution in [0.25, 0.3) is 6.08 Å². The third-order valence-corrected chi connectivity index (χ3v) is 3.28. The van der Waals surface area contributed by atoms with E-state index < -0.39 is 5.60 Å². The molecule has 0 saturated carbocycles. The molecule has 0 N–H and O–H groups in total. The zero-order valence-corrected chi connectivity index (χ0v) is 13.0. The summed E-state index contributed by atoms with van der Waals surface area (Å²) < 4.78 is 6.42. The summed E-state index contributed by atoms with van der Waals surface area (Å²) in [4.78, 5) is 13.6. The highest BCUT2D eigenvalue weighted by atomic mass is 79.9. The van der Waals surface area contributed by atoms with Crippen LogP contribution >= 0.6 is 15.9 Å². The fourth-order valence-electron chi connectivity index (χ4n) is 1.78. The average molecular weight is 324 g/mol. The van der Waals surface area contributed by atoms with Crippen LogP contribution in [0.3, 0.4) is 0 Å². The number of ether oxygens (including phenoxy) is 1. The third-order valence-electron chi connectivity index (χ3n) is 2.76. The van der Waals surface area contributed by atoms with E-state index >= 15 is 0 Å². The lowest BCUT2D eigenvalue weighted by molar-refractivity contribution is 0.0239. The molecule has 0 spiro atoms.